The van der Waals surface area contributed by atoms with E-state index in [9.17, 15) is 0 Å². The van der Waals surface area contributed by atoms with Crippen molar-refractivity contribution in [3.8, 4) is 17.1 Å². The second-order valence-electron chi connectivity index (χ2n) is 6.61. The third-order valence-corrected chi connectivity index (χ3v) is 4.57. The molecule has 146 valence electrons. The van der Waals surface area contributed by atoms with Crippen molar-refractivity contribution >= 4 is 5.82 Å². The summed E-state index contributed by atoms with van der Waals surface area (Å²) in [6, 6.07) is 14.3. The molecule has 1 N–H and O–H groups in total. The number of benzene rings is 2. The molecular weight excluding hydrogens is 360 g/mol. The SMILES string of the molecule is [2H]C([2H])([2H])C(c1ccccc1-c1ncc(C)c(NCc2ccc(-n3ccnn3)cc2)n1)C([2H])([2H])[2H]. The molecule has 0 atom stereocenters. The van der Waals surface area contributed by atoms with Gasteiger partial charge in [0.1, 0.15) is 5.82 Å². The van der Waals surface area contributed by atoms with E-state index in [0.29, 0.717) is 17.9 Å². The average Bonchev–Trinajstić information content (AvgIpc) is 3.32. The molecule has 4 rings (SSSR count). The van der Waals surface area contributed by atoms with Crippen LogP contribution in [-0.2, 0) is 6.54 Å². The first-order valence-corrected chi connectivity index (χ1v) is 9.16. The Morgan fingerprint density at radius 1 is 1.10 bits per heavy atom. The summed E-state index contributed by atoms with van der Waals surface area (Å²) in [4.78, 5) is 8.99. The van der Waals surface area contributed by atoms with Gasteiger partial charge in [0.15, 0.2) is 5.82 Å². The van der Waals surface area contributed by atoms with E-state index in [2.05, 4.69) is 25.6 Å². The van der Waals surface area contributed by atoms with Crippen LogP contribution >= 0.6 is 0 Å². The number of aryl methyl sites for hydroxylation is 1. The minimum atomic E-state index is -2.72. The molecule has 0 radical (unpaired) electrons. The molecule has 29 heavy (non-hydrogen) atoms. The molecule has 6 heteroatoms. The van der Waals surface area contributed by atoms with Crippen LogP contribution in [0.25, 0.3) is 17.1 Å². The Morgan fingerprint density at radius 2 is 1.93 bits per heavy atom. The summed E-state index contributed by atoms with van der Waals surface area (Å²) in [5.41, 5.74) is 3.25. The minimum Gasteiger partial charge on any atom is -0.366 e. The molecule has 0 amide bonds. The topological polar surface area (TPSA) is 68.5 Å². The molecule has 0 spiro atoms. The van der Waals surface area contributed by atoms with Crippen molar-refractivity contribution < 1.29 is 8.22 Å². The number of nitrogens with one attached hydrogen (secondary N) is 1. The zero-order valence-corrected chi connectivity index (χ0v) is 15.9. The maximum absolute atomic E-state index is 7.85. The molecular formula is C23H24N6. The van der Waals surface area contributed by atoms with Gasteiger partial charge in [-0.3, -0.25) is 0 Å². The minimum absolute atomic E-state index is 0.172. The van der Waals surface area contributed by atoms with Gasteiger partial charge < -0.3 is 5.32 Å². The third kappa shape index (κ3) is 4.16. The Labute approximate surface area is 179 Å². The zero-order valence-electron chi connectivity index (χ0n) is 21.9. The molecule has 0 bridgehead atoms. The third-order valence-electron chi connectivity index (χ3n) is 4.57. The highest BCUT2D eigenvalue weighted by Crippen LogP contribution is 2.28. The summed E-state index contributed by atoms with van der Waals surface area (Å²) in [5, 5.41) is 11.1. The fraction of sp³-hybridized carbons (Fsp3) is 0.217. The molecule has 6 nitrogen and oxygen atoms in total. The summed E-state index contributed by atoms with van der Waals surface area (Å²) in [6.07, 6.45) is 5.01. The van der Waals surface area contributed by atoms with E-state index in [1.54, 1.807) is 41.5 Å². The van der Waals surface area contributed by atoms with Gasteiger partial charge in [0.05, 0.1) is 18.1 Å². The van der Waals surface area contributed by atoms with Crippen LogP contribution in [0.2, 0.25) is 0 Å². The van der Waals surface area contributed by atoms with Crippen molar-refractivity contribution in [1.29, 1.82) is 0 Å². The van der Waals surface area contributed by atoms with E-state index in [1.807, 2.05) is 31.2 Å². The van der Waals surface area contributed by atoms with Gasteiger partial charge in [-0.2, -0.15) is 0 Å². The lowest BCUT2D eigenvalue weighted by molar-refractivity contribution is 0.802. The number of hydrogen-bond donors (Lipinski definition) is 1. The molecule has 0 unspecified atom stereocenters. The molecule has 2 heterocycles. The van der Waals surface area contributed by atoms with Crippen molar-refractivity contribution in [2.24, 2.45) is 0 Å². The molecule has 0 saturated carbocycles. The Hall–Kier alpha value is -3.54. The Balaban J connectivity index is 1.61. The maximum Gasteiger partial charge on any atom is 0.161 e. The maximum atomic E-state index is 7.85. The second-order valence-corrected chi connectivity index (χ2v) is 6.61. The lowest BCUT2D eigenvalue weighted by atomic mass is 9.97. The monoisotopic (exact) mass is 390 g/mol. The molecule has 0 aliphatic carbocycles. The van der Waals surface area contributed by atoms with Crippen molar-refractivity contribution in [3.05, 3.63) is 83.8 Å². The van der Waals surface area contributed by atoms with Gasteiger partial charge in [0.2, 0.25) is 0 Å². The summed E-state index contributed by atoms with van der Waals surface area (Å²) < 4.78 is 48.8. The highest BCUT2D eigenvalue weighted by molar-refractivity contribution is 5.63. The first kappa shape index (κ1) is 12.8. The lowest BCUT2D eigenvalue weighted by Crippen LogP contribution is -2.06. The molecule has 0 saturated heterocycles. The van der Waals surface area contributed by atoms with E-state index in [0.717, 1.165) is 16.8 Å². The van der Waals surface area contributed by atoms with Crippen LogP contribution in [0.3, 0.4) is 0 Å². The molecule has 0 aliphatic rings. The standard InChI is InChI=1S/C23H24N6/c1-16(2)20-6-4-5-7-21(20)23-24-14-17(3)22(27-23)25-15-18-8-10-19(11-9-18)29-13-12-26-28-29/h4-14,16H,15H2,1-3H3,(H,24,25,27)/i1D3,2D3. The van der Waals surface area contributed by atoms with E-state index < -0.39 is 19.6 Å². The predicted molar refractivity (Wildman–Crippen MR) is 115 cm³/mol. The van der Waals surface area contributed by atoms with Crippen molar-refractivity contribution in [2.75, 3.05) is 5.32 Å². The van der Waals surface area contributed by atoms with Crippen molar-refractivity contribution in [1.82, 2.24) is 25.0 Å². The average molecular weight is 391 g/mol. The summed E-state index contributed by atoms with van der Waals surface area (Å²) in [5.74, 6) is -0.825. The fourth-order valence-corrected chi connectivity index (χ4v) is 3.00. The quantitative estimate of drug-likeness (QED) is 0.514. The molecule has 0 aliphatic heterocycles. The molecule has 4 aromatic rings. The lowest BCUT2D eigenvalue weighted by Gasteiger charge is -2.14. The van der Waals surface area contributed by atoms with Crippen LogP contribution in [0, 0.1) is 6.92 Å². The smallest absolute Gasteiger partial charge is 0.161 e. The van der Waals surface area contributed by atoms with Crippen LogP contribution in [0.5, 0.6) is 0 Å². The van der Waals surface area contributed by atoms with Crippen LogP contribution in [0.1, 0.15) is 44.5 Å². The van der Waals surface area contributed by atoms with Crippen molar-refractivity contribution in [2.45, 2.75) is 33.1 Å². The summed E-state index contributed by atoms with van der Waals surface area (Å²) in [6.45, 7) is -3.08. The molecule has 2 aromatic carbocycles. The number of anilines is 1. The van der Waals surface area contributed by atoms with E-state index >= 15 is 0 Å². The normalized spacial score (nSPS) is 15.0. The van der Waals surface area contributed by atoms with E-state index in [4.69, 9.17) is 8.22 Å². The summed E-state index contributed by atoms with van der Waals surface area (Å²) in [7, 11) is 0. The van der Waals surface area contributed by atoms with Gasteiger partial charge in [-0.05, 0) is 36.1 Å². The summed E-state index contributed by atoms with van der Waals surface area (Å²) >= 11 is 0. The van der Waals surface area contributed by atoms with Gasteiger partial charge in [0.25, 0.3) is 0 Å². The zero-order chi connectivity index (χ0) is 25.2. The van der Waals surface area contributed by atoms with Crippen LogP contribution < -0.4 is 5.32 Å². The Kier molecular flexibility index (Phi) is 3.64. The number of hydrogen-bond acceptors (Lipinski definition) is 5. The second kappa shape index (κ2) is 8.22. The van der Waals surface area contributed by atoms with Crippen molar-refractivity contribution in [3.63, 3.8) is 0 Å². The van der Waals surface area contributed by atoms with Crippen LogP contribution in [-0.4, -0.2) is 25.0 Å². The number of aromatic nitrogens is 5. The Bertz CT molecular complexity index is 1270. The largest absolute Gasteiger partial charge is 0.366 e. The Morgan fingerprint density at radius 3 is 2.69 bits per heavy atom. The van der Waals surface area contributed by atoms with Gasteiger partial charge >= 0.3 is 0 Å². The van der Waals surface area contributed by atoms with Gasteiger partial charge in [-0.1, -0.05) is 55.3 Å². The number of nitrogens with zero attached hydrogens (tertiary/aromatic N) is 5. The van der Waals surface area contributed by atoms with Gasteiger partial charge in [-0.25, -0.2) is 14.6 Å². The van der Waals surface area contributed by atoms with Gasteiger partial charge in [-0.15, -0.1) is 5.10 Å². The molecule has 0 fully saturated rings. The highest BCUT2D eigenvalue weighted by atomic mass is 15.4. The number of rotatable bonds is 6. The van der Waals surface area contributed by atoms with Gasteiger partial charge in [0, 0.05) is 32.1 Å². The first-order chi connectivity index (χ1) is 16.5. The fourth-order valence-electron chi connectivity index (χ4n) is 3.00. The van der Waals surface area contributed by atoms with E-state index in [-0.39, 0.29) is 11.4 Å². The van der Waals surface area contributed by atoms with Crippen LogP contribution in [0.4, 0.5) is 5.82 Å². The predicted octanol–water partition coefficient (Wildman–Crippen LogP) is 4.77. The molecule has 2 aromatic heterocycles. The van der Waals surface area contributed by atoms with E-state index in [1.165, 1.54) is 6.07 Å². The highest BCUT2D eigenvalue weighted by Gasteiger charge is 2.12. The first-order valence-electron chi connectivity index (χ1n) is 12.2. The van der Waals surface area contributed by atoms with Crippen LogP contribution in [0.15, 0.2) is 67.1 Å².